The van der Waals surface area contributed by atoms with Gasteiger partial charge >= 0.3 is 6.09 Å². The Bertz CT molecular complexity index is 876. The molecule has 10 nitrogen and oxygen atoms in total. The SMILES string of the molecule is CC(C)(C)OC(=O)N1CCCN(Cc2nc(-c3cccc([N+](=O)[O-])c3)no2)CC1. The van der Waals surface area contributed by atoms with Crippen LogP contribution in [0.1, 0.15) is 33.1 Å². The number of benzene rings is 1. The van der Waals surface area contributed by atoms with Crippen LogP contribution >= 0.6 is 0 Å². The first kappa shape index (κ1) is 20.7. The summed E-state index contributed by atoms with van der Waals surface area (Å²) < 4.78 is 10.8. The highest BCUT2D eigenvalue weighted by atomic mass is 16.6. The third-order valence-corrected chi connectivity index (χ3v) is 4.38. The van der Waals surface area contributed by atoms with Gasteiger partial charge in [-0.25, -0.2) is 4.79 Å². The molecule has 2 aromatic rings. The Labute approximate surface area is 168 Å². The van der Waals surface area contributed by atoms with Crippen molar-refractivity contribution in [3.05, 3.63) is 40.3 Å². The van der Waals surface area contributed by atoms with Gasteiger partial charge in [0.25, 0.3) is 5.69 Å². The van der Waals surface area contributed by atoms with E-state index >= 15 is 0 Å². The number of amides is 1. The van der Waals surface area contributed by atoms with Crippen molar-refractivity contribution in [1.29, 1.82) is 0 Å². The van der Waals surface area contributed by atoms with Crippen molar-refractivity contribution in [3.8, 4) is 11.4 Å². The highest BCUT2D eigenvalue weighted by Gasteiger charge is 2.25. The van der Waals surface area contributed by atoms with E-state index in [4.69, 9.17) is 9.26 Å². The fraction of sp³-hybridized carbons (Fsp3) is 0.526. The van der Waals surface area contributed by atoms with Crippen molar-refractivity contribution < 1.29 is 19.0 Å². The van der Waals surface area contributed by atoms with Crippen LogP contribution in [-0.2, 0) is 11.3 Å². The number of hydrogen-bond acceptors (Lipinski definition) is 8. The molecule has 1 aliphatic heterocycles. The summed E-state index contributed by atoms with van der Waals surface area (Å²) in [5.41, 5.74) is -0.0137. The second-order valence-electron chi connectivity index (χ2n) is 7.92. The topological polar surface area (TPSA) is 115 Å². The van der Waals surface area contributed by atoms with Crippen LogP contribution in [0.5, 0.6) is 0 Å². The molecular weight excluding hydrogens is 378 g/mol. The summed E-state index contributed by atoms with van der Waals surface area (Å²) in [6.07, 6.45) is 0.510. The van der Waals surface area contributed by atoms with Gasteiger partial charge in [-0.05, 0) is 27.2 Å². The molecule has 0 N–H and O–H groups in total. The molecule has 2 heterocycles. The zero-order chi connectivity index (χ0) is 21.0. The smallest absolute Gasteiger partial charge is 0.410 e. The molecule has 1 fully saturated rings. The zero-order valence-electron chi connectivity index (χ0n) is 16.8. The number of ether oxygens (including phenoxy) is 1. The van der Waals surface area contributed by atoms with Crippen LogP contribution < -0.4 is 0 Å². The molecule has 0 radical (unpaired) electrons. The zero-order valence-corrected chi connectivity index (χ0v) is 16.8. The van der Waals surface area contributed by atoms with Gasteiger partial charge in [0.1, 0.15) is 5.60 Å². The summed E-state index contributed by atoms with van der Waals surface area (Å²) >= 11 is 0. The van der Waals surface area contributed by atoms with Crippen LogP contribution in [-0.4, -0.2) is 62.7 Å². The third kappa shape index (κ3) is 5.74. The summed E-state index contributed by atoms with van der Waals surface area (Å²) in [5, 5.41) is 14.9. The van der Waals surface area contributed by atoms with Crippen molar-refractivity contribution in [2.75, 3.05) is 26.2 Å². The molecule has 1 aromatic carbocycles. The lowest BCUT2D eigenvalue weighted by molar-refractivity contribution is -0.384. The molecule has 0 saturated carbocycles. The van der Waals surface area contributed by atoms with Crippen molar-refractivity contribution in [1.82, 2.24) is 19.9 Å². The summed E-state index contributed by atoms with van der Waals surface area (Å²) in [6.45, 7) is 8.64. The number of nitro benzene ring substituents is 1. The number of carbonyl (C=O) groups is 1. The maximum atomic E-state index is 12.3. The van der Waals surface area contributed by atoms with Crippen molar-refractivity contribution >= 4 is 11.8 Å². The van der Waals surface area contributed by atoms with E-state index in [2.05, 4.69) is 15.0 Å². The Balaban J connectivity index is 1.60. The molecule has 156 valence electrons. The predicted molar refractivity (Wildman–Crippen MR) is 104 cm³/mol. The maximum Gasteiger partial charge on any atom is 0.410 e. The Morgan fingerprint density at radius 3 is 2.79 bits per heavy atom. The third-order valence-electron chi connectivity index (χ3n) is 4.38. The first-order valence-electron chi connectivity index (χ1n) is 9.49. The monoisotopic (exact) mass is 403 g/mol. The first-order chi connectivity index (χ1) is 13.7. The van der Waals surface area contributed by atoms with Crippen molar-refractivity contribution in [2.45, 2.75) is 39.3 Å². The van der Waals surface area contributed by atoms with E-state index in [0.717, 1.165) is 13.0 Å². The van der Waals surface area contributed by atoms with E-state index in [0.29, 0.717) is 43.5 Å². The standard InChI is InChI=1S/C19H25N5O5/c1-19(2,3)28-18(25)23-9-5-8-22(10-11-23)13-16-20-17(21-29-16)14-6-4-7-15(12-14)24(26)27/h4,6-7,12H,5,8-11,13H2,1-3H3. The molecule has 0 unspecified atom stereocenters. The van der Waals surface area contributed by atoms with Crippen molar-refractivity contribution in [3.63, 3.8) is 0 Å². The molecule has 1 amide bonds. The molecule has 1 aliphatic rings. The quantitative estimate of drug-likeness (QED) is 0.565. The van der Waals surface area contributed by atoms with Crippen LogP contribution in [0.3, 0.4) is 0 Å². The number of rotatable bonds is 4. The van der Waals surface area contributed by atoms with Gasteiger partial charge in [-0.1, -0.05) is 17.3 Å². The minimum atomic E-state index is -0.518. The normalized spacial score (nSPS) is 15.8. The van der Waals surface area contributed by atoms with Gasteiger partial charge < -0.3 is 14.2 Å². The van der Waals surface area contributed by atoms with E-state index < -0.39 is 10.5 Å². The van der Waals surface area contributed by atoms with Gasteiger partial charge in [-0.15, -0.1) is 0 Å². The van der Waals surface area contributed by atoms with Gasteiger partial charge in [0.15, 0.2) is 0 Å². The molecule has 0 atom stereocenters. The molecule has 3 rings (SSSR count). The van der Waals surface area contributed by atoms with Gasteiger partial charge in [-0.2, -0.15) is 4.98 Å². The lowest BCUT2D eigenvalue weighted by Crippen LogP contribution is -2.39. The predicted octanol–water partition coefficient (Wildman–Crippen LogP) is 3.09. The largest absolute Gasteiger partial charge is 0.444 e. The van der Waals surface area contributed by atoms with Gasteiger partial charge in [-0.3, -0.25) is 15.0 Å². The summed E-state index contributed by atoms with van der Waals surface area (Å²) in [4.78, 5) is 30.9. The summed E-state index contributed by atoms with van der Waals surface area (Å²) in [6, 6.07) is 6.12. The molecule has 29 heavy (non-hydrogen) atoms. The average molecular weight is 403 g/mol. The van der Waals surface area contributed by atoms with Gasteiger partial charge in [0, 0.05) is 43.9 Å². The Kier molecular flexibility index (Phi) is 6.12. The number of carbonyl (C=O) groups excluding carboxylic acids is 1. The molecule has 1 aromatic heterocycles. The van der Waals surface area contributed by atoms with Crippen LogP contribution in [0, 0.1) is 10.1 Å². The number of nitro groups is 1. The van der Waals surface area contributed by atoms with E-state index in [-0.39, 0.29) is 11.8 Å². The first-order valence-corrected chi connectivity index (χ1v) is 9.49. The summed E-state index contributed by atoms with van der Waals surface area (Å²) in [5.74, 6) is 0.742. The van der Waals surface area contributed by atoms with E-state index in [1.54, 1.807) is 17.0 Å². The minimum absolute atomic E-state index is 0.0244. The van der Waals surface area contributed by atoms with E-state index in [1.807, 2.05) is 20.8 Å². The molecule has 0 spiro atoms. The van der Waals surface area contributed by atoms with Gasteiger partial charge in [0.05, 0.1) is 11.5 Å². The van der Waals surface area contributed by atoms with Crippen LogP contribution in [0.4, 0.5) is 10.5 Å². The number of hydrogen-bond donors (Lipinski definition) is 0. The molecule has 10 heteroatoms. The molecule has 1 saturated heterocycles. The Morgan fingerprint density at radius 2 is 2.07 bits per heavy atom. The number of non-ortho nitro benzene ring substituents is 1. The van der Waals surface area contributed by atoms with E-state index in [1.165, 1.54) is 12.1 Å². The lowest BCUT2D eigenvalue weighted by atomic mass is 10.2. The van der Waals surface area contributed by atoms with Crippen LogP contribution in [0.15, 0.2) is 28.8 Å². The van der Waals surface area contributed by atoms with Gasteiger partial charge in [0.2, 0.25) is 11.7 Å². The van der Waals surface area contributed by atoms with Crippen LogP contribution in [0.2, 0.25) is 0 Å². The Morgan fingerprint density at radius 1 is 1.28 bits per heavy atom. The second-order valence-corrected chi connectivity index (χ2v) is 7.92. The molecular formula is C19H25N5O5. The van der Waals surface area contributed by atoms with Crippen LogP contribution in [0.25, 0.3) is 11.4 Å². The number of aromatic nitrogens is 2. The molecule has 0 aliphatic carbocycles. The minimum Gasteiger partial charge on any atom is -0.444 e. The summed E-state index contributed by atoms with van der Waals surface area (Å²) in [7, 11) is 0. The number of nitrogens with zero attached hydrogens (tertiary/aromatic N) is 5. The fourth-order valence-electron chi connectivity index (χ4n) is 3.02. The maximum absolute atomic E-state index is 12.3. The lowest BCUT2D eigenvalue weighted by Gasteiger charge is -2.26. The average Bonchev–Trinajstić information content (AvgIpc) is 2.98. The van der Waals surface area contributed by atoms with Crippen molar-refractivity contribution in [2.24, 2.45) is 0 Å². The Hall–Kier alpha value is -3.01. The van der Waals surface area contributed by atoms with E-state index in [9.17, 15) is 14.9 Å². The highest BCUT2D eigenvalue weighted by molar-refractivity contribution is 5.68. The highest BCUT2D eigenvalue weighted by Crippen LogP contribution is 2.22. The second kappa shape index (κ2) is 8.56. The molecule has 0 bridgehead atoms. The fourth-order valence-corrected chi connectivity index (χ4v) is 3.02.